The first kappa shape index (κ1) is 24.4. The fourth-order valence-electron chi connectivity index (χ4n) is 2.16. The number of carbonyl (C=O) groups is 2. The molecule has 0 radical (unpaired) electrons. The third kappa shape index (κ3) is 12.7. The van der Waals surface area contributed by atoms with Gasteiger partial charge in [-0.3, -0.25) is 13.8 Å². The van der Waals surface area contributed by atoms with Gasteiger partial charge in [-0.15, -0.1) is 0 Å². The molecule has 0 N–H and O–H groups in total. The molecule has 9 heteroatoms. The van der Waals surface area contributed by atoms with Gasteiger partial charge in [0.2, 0.25) is 0 Å². The number of hydrogen-bond donors (Lipinski definition) is 0. The maximum absolute atomic E-state index is 11.7. The monoisotopic (exact) mass is 434 g/mol. The molecule has 0 unspecified atom stereocenters. The van der Waals surface area contributed by atoms with Crippen molar-refractivity contribution in [1.82, 2.24) is 0 Å². The molecule has 1 aromatic rings. The Morgan fingerprint density at radius 2 is 1.57 bits per heavy atom. The van der Waals surface area contributed by atoms with E-state index in [0.717, 1.165) is 5.56 Å². The Kier molecular flexibility index (Phi) is 10.5. The van der Waals surface area contributed by atoms with E-state index in [0.29, 0.717) is 19.3 Å². The lowest BCUT2D eigenvalue weighted by Gasteiger charge is -2.22. The molecule has 7 nitrogen and oxygen atoms in total. The molecule has 0 saturated heterocycles. The average molecular weight is 435 g/mol. The van der Waals surface area contributed by atoms with E-state index >= 15 is 0 Å². The summed E-state index contributed by atoms with van der Waals surface area (Å²) in [5.41, 5.74) is 0.418. The first-order valence-corrected chi connectivity index (χ1v) is 11.2. The van der Waals surface area contributed by atoms with Crippen molar-refractivity contribution in [3.8, 4) is 0 Å². The normalized spacial score (nSPS) is 11.8. The van der Waals surface area contributed by atoms with E-state index in [-0.39, 0.29) is 44.6 Å². The Balaban J connectivity index is 2.09. The summed E-state index contributed by atoms with van der Waals surface area (Å²) in [5.74, 6) is -0.660. The van der Waals surface area contributed by atoms with Gasteiger partial charge >= 0.3 is 21.3 Å². The Morgan fingerprint density at radius 3 is 2.14 bits per heavy atom. The van der Waals surface area contributed by atoms with E-state index in [4.69, 9.17) is 20.2 Å². The van der Waals surface area contributed by atoms with Crippen LogP contribution in [0.1, 0.15) is 51.5 Å². The Bertz CT molecular complexity index is 717. The average Bonchev–Trinajstić information content (AvgIpc) is 2.62. The second kappa shape index (κ2) is 12.0. The van der Waals surface area contributed by atoms with E-state index in [1.807, 2.05) is 30.3 Å². The highest BCUT2D eigenvalue weighted by atomic mass is 35.7. The number of rotatable bonds is 13. The van der Waals surface area contributed by atoms with Gasteiger partial charge in [-0.05, 0) is 30.2 Å². The Morgan fingerprint density at radius 1 is 1.00 bits per heavy atom. The Labute approximate surface area is 170 Å². The van der Waals surface area contributed by atoms with Crippen molar-refractivity contribution in [3.63, 3.8) is 0 Å². The van der Waals surface area contributed by atoms with Crippen molar-refractivity contribution in [2.75, 3.05) is 13.2 Å². The zero-order valence-electron chi connectivity index (χ0n) is 16.2. The van der Waals surface area contributed by atoms with Gasteiger partial charge in [0, 0.05) is 23.5 Å². The summed E-state index contributed by atoms with van der Waals surface area (Å²) in [7, 11) is 0.985. The zero-order chi connectivity index (χ0) is 21.0. The quantitative estimate of drug-likeness (QED) is 0.265. The summed E-state index contributed by atoms with van der Waals surface area (Å²) in [6, 6.07) is 9.41. The molecular weight excluding hydrogens is 408 g/mol. The molecule has 0 heterocycles. The molecule has 0 spiro atoms. The third-order valence-corrected chi connectivity index (χ3v) is 4.55. The summed E-state index contributed by atoms with van der Waals surface area (Å²) in [4.78, 5) is 23.4. The van der Waals surface area contributed by atoms with Gasteiger partial charge < -0.3 is 9.47 Å². The van der Waals surface area contributed by atoms with Gasteiger partial charge in [0.15, 0.2) is 0 Å². The Hall–Kier alpha value is -1.64. The fourth-order valence-corrected chi connectivity index (χ4v) is 2.76. The highest BCUT2D eigenvalue weighted by Crippen LogP contribution is 2.22. The van der Waals surface area contributed by atoms with Gasteiger partial charge in [0.25, 0.3) is 0 Å². The van der Waals surface area contributed by atoms with Crippen LogP contribution in [-0.4, -0.2) is 33.6 Å². The maximum atomic E-state index is 11.7. The van der Waals surface area contributed by atoms with Crippen molar-refractivity contribution in [3.05, 3.63) is 35.9 Å². The lowest BCUT2D eigenvalue weighted by molar-refractivity contribution is -0.147. The molecule has 0 aliphatic heterocycles. The number of unbranched alkanes of at least 4 members (excludes halogenated alkanes) is 1. The van der Waals surface area contributed by atoms with Crippen molar-refractivity contribution >= 4 is 32.0 Å². The topological polar surface area (TPSA) is 96.0 Å². The van der Waals surface area contributed by atoms with Crippen molar-refractivity contribution in [1.29, 1.82) is 0 Å². The molecule has 0 bridgehead atoms. The first-order chi connectivity index (χ1) is 13.1. The van der Waals surface area contributed by atoms with Gasteiger partial charge in [-0.1, -0.05) is 44.2 Å². The van der Waals surface area contributed by atoms with Gasteiger partial charge in [0.1, 0.15) is 6.61 Å². The minimum absolute atomic E-state index is 0.0958. The number of carbonyl (C=O) groups excluding carboxylic acids is 2. The van der Waals surface area contributed by atoms with Gasteiger partial charge in [-0.2, -0.15) is 8.42 Å². The SMILES string of the molecule is CC(C)(CCOC(=O)CCCCC(=O)OCc1ccccc1)COS(=O)(=O)Cl. The van der Waals surface area contributed by atoms with Crippen LogP contribution in [0.5, 0.6) is 0 Å². The van der Waals surface area contributed by atoms with Gasteiger partial charge in [-0.25, -0.2) is 0 Å². The van der Waals surface area contributed by atoms with E-state index in [2.05, 4.69) is 4.18 Å². The minimum atomic E-state index is -4.01. The van der Waals surface area contributed by atoms with E-state index in [9.17, 15) is 18.0 Å². The summed E-state index contributed by atoms with van der Waals surface area (Å²) in [6.45, 7) is 3.86. The summed E-state index contributed by atoms with van der Waals surface area (Å²) >= 11 is 0. The number of hydrogen-bond acceptors (Lipinski definition) is 7. The molecule has 158 valence electrons. The van der Waals surface area contributed by atoms with E-state index < -0.39 is 14.7 Å². The third-order valence-electron chi connectivity index (χ3n) is 3.89. The summed E-state index contributed by atoms with van der Waals surface area (Å²) in [6.07, 6.45) is 1.94. The fraction of sp³-hybridized carbons (Fsp3) is 0.579. The molecule has 1 rings (SSSR count). The van der Waals surface area contributed by atoms with Crippen LogP contribution in [0.15, 0.2) is 30.3 Å². The van der Waals surface area contributed by atoms with Crippen molar-refractivity contribution in [2.45, 2.75) is 52.6 Å². The molecular formula is C19H27ClO7S. The predicted octanol–water partition coefficient (Wildman–Crippen LogP) is 3.75. The molecule has 1 aromatic carbocycles. The second-order valence-electron chi connectivity index (χ2n) is 7.14. The first-order valence-electron chi connectivity index (χ1n) is 9.02. The smallest absolute Gasteiger partial charge is 0.355 e. The van der Waals surface area contributed by atoms with Crippen LogP contribution in [0.25, 0.3) is 0 Å². The van der Waals surface area contributed by atoms with Crippen LogP contribution < -0.4 is 0 Å². The molecule has 0 aromatic heterocycles. The zero-order valence-corrected chi connectivity index (χ0v) is 17.8. The highest BCUT2D eigenvalue weighted by Gasteiger charge is 2.22. The lowest BCUT2D eigenvalue weighted by atomic mass is 9.91. The minimum Gasteiger partial charge on any atom is -0.466 e. The lowest BCUT2D eigenvalue weighted by Crippen LogP contribution is -2.23. The molecule has 0 aliphatic carbocycles. The molecule has 0 saturated carbocycles. The molecule has 0 aliphatic rings. The van der Waals surface area contributed by atoms with Crippen molar-refractivity contribution in [2.24, 2.45) is 5.41 Å². The number of esters is 2. The predicted molar refractivity (Wildman–Crippen MR) is 105 cm³/mol. The summed E-state index contributed by atoms with van der Waals surface area (Å²) < 4.78 is 36.4. The van der Waals surface area contributed by atoms with Crippen LogP contribution in [0, 0.1) is 5.41 Å². The van der Waals surface area contributed by atoms with Crippen LogP contribution in [0.3, 0.4) is 0 Å². The summed E-state index contributed by atoms with van der Waals surface area (Å²) in [5, 5.41) is 0. The van der Waals surface area contributed by atoms with Crippen LogP contribution >= 0.6 is 10.7 Å². The molecule has 0 atom stereocenters. The van der Waals surface area contributed by atoms with Gasteiger partial charge in [0.05, 0.1) is 13.2 Å². The largest absolute Gasteiger partial charge is 0.466 e. The van der Waals surface area contributed by atoms with Crippen LogP contribution in [-0.2, 0) is 39.2 Å². The number of halogens is 1. The van der Waals surface area contributed by atoms with E-state index in [1.54, 1.807) is 13.8 Å². The van der Waals surface area contributed by atoms with Crippen molar-refractivity contribution < 1.29 is 31.7 Å². The molecule has 0 amide bonds. The van der Waals surface area contributed by atoms with Crippen LogP contribution in [0.2, 0.25) is 0 Å². The van der Waals surface area contributed by atoms with E-state index in [1.165, 1.54) is 0 Å². The molecule has 0 fully saturated rings. The number of benzene rings is 1. The second-order valence-corrected chi connectivity index (χ2v) is 9.30. The highest BCUT2D eigenvalue weighted by molar-refractivity contribution is 8.09. The van der Waals surface area contributed by atoms with Crippen LogP contribution in [0.4, 0.5) is 0 Å². The standard InChI is InChI=1S/C19H27ClO7S/c1-19(2,15-27-28(20,23)24)12-13-25-17(21)10-6-7-11-18(22)26-14-16-8-4-3-5-9-16/h3-5,8-9H,6-7,10-15H2,1-2H3. The number of ether oxygens (including phenoxy) is 2. The maximum Gasteiger partial charge on any atom is 0.355 e. The molecule has 28 heavy (non-hydrogen) atoms.